The van der Waals surface area contributed by atoms with E-state index >= 15 is 0 Å². The van der Waals surface area contributed by atoms with Gasteiger partial charge in [-0.2, -0.15) is 13.1 Å². The summed E-state index contributed by atoms with van der Waals surface area (Å²) in [4.78, 5) is 2.61. The molecule has 8 heteroatoms. The van der Waals surface area contributed by atoms with Gasteiger partial charge in [-0.25, -0.2) is 4.72 Å². The van der Waals surface area contributed by atoms with Gasteiger partial charge in [-0.1, -0.05) is 60.8 Å². The predicted octanol–water partition coefficient (Wildman–Crippen LogP) is 5.43. The summed E-state index contributed by atoms with van der Waals surface area (Å²) in [6, 6.07) is 15.8. The summed E-state index contributed by atoms with van der Waals surface area (Å²) in [5, 5.41) is 1.41. The van der Waals surface area contributed by atoms with E-state index in [4.69, 9.17) is 23.2 Å². The molecule has 182 valence electrons. The van der Waals surface area contributed by atoms with Crippen LogP contribution in [-0.4, -0.2) is 39.0 Å². The van der Waals surface area contributed by atoms with Crippen LogP contribution in [0.3, 0.4) is 0 Å². The summed E-state index contributed by atoms with van der Waals surface area (Å²) in [5.41, 5.74) is 2.19. The lowest BCUT2D eigenvalue weighted by Crippen LogP contribution is -2.40. The van der Waals surface area contributed by atoms with E-state index in [1.165, 1.54) is 18.4 Å². The zero-order valence-electron chi connectivity index (χ0n) is 19.3. The van der Waals surface area contributed by atoms with Crippen LogP contribution >= 0.6 is 23.2 Å². The lowest BCUT2D eigenvalue weighted by Gasteiger charge is -2.31. The van der Waals surface area contributed by atoms with E-state index in [-0.39, 0.29) is 6.54 Å². The molecule has 0 amide bonds. The molecule has 33 heavy (non-hydrogen) atoms. The fourth-order valence-electron chi connectivity index (χ4n) is 4.68. The summed E-state index contributed by atoms with van der Waals surface area (Å²) >= 11 is 11.9. The first kappa shape index (κ1) is 26.5. The molecular weight excluding hydrogens is 477 g/mol. The molecule has 1 fully saturated rings. The second-order valence-corrected chi connectivity index (χ2v) is 11.2. The van der Waals surface area contributed by atoms with E-state index in [0.29, 0.717) is 23.5 Å². The van der Waals surface area contributed by atoms with Gasteiger partial charge < -0.3 is 4.90 Å². The summed E-state index contributed by atoms with van der Waals surface area (Å²) < 4.78 is 30.0. The SMILES string of the molecule is CCC(CCNS(=O)(=O)NCc1ccc(Cl)cc1)[C@@H]1CCCN1CCCc1ccc(Cl)cc1. The van der Waals surface area contributed by atoms with Crippen LogP contribution in [0.5, 0.6) is 0 Å². The lowest BCUT2D eigenvalue weighted by molar-refractivity contribution is 0.177. The maximum atomic E-state index is 12.4. The highest BCUT2D eigenvalue weighted by Crippen LogP contribution is 2.28. The van der Waals surface area contributed by atoms with Crippen LogP contribution in [0.1, 0.15) is 50.2 Å². The average molecular weight is 513 g/mol. The van der Waals surface area contributed by atoms with Gasteiger partial charge in [0.25, 0.3) is 10.2 Å². The van der Waals surface area contributed by atoms with Crippen molar-refractivity contribution in [2.75, 3.05) is 19.6 Å². The van der Waals surface area contributed by atoms with E-state index in [2.05, 4.69) is 33.4 Å². The van der Waals surface area contributed by atoms with E-state index in [1.807, 2.05) is 24.3 Å². The second kappa shape index (κ2) is 13.1. The van der Waals surface area contributed by atoms with Crippen molar-refractivity contribution in [2.24, 2.45) is 5.92 Å². The normalized spacial score (nSPS) is 18.0. The molecule has 0 aromatic heterocycles. The molecule has 0 bridgehead atoms. The van der Waals surface area contributed by atoms with Crippen LogP contribution in [0.4, 0.5) is 0 Å². The monoisotopic (exact) mass is 511 g/mol. The third kappa shape index (κ3) is 8.85. The quantitative estimate of drug-likeness (QED) is 0.376. The van der Waals surface area contributed by atoms with Crippen molar-refractivity contribution in [3.8, 4) is 0 Å². The largest absolute Gasteiger partial charge is 0.300 e. The Morgan fingerprint density at radius 3 is 2.27 bits per heavy atom. The Hall–Kier alpha value is -1.15. The van der Waals surface area contributed by atoms with Crippen LogP contribution in [0, 0.1) is 5.92 Å². The average Bonchev–Trinajstić information content (AvgIpc) is 3.26. The smallest absolute Gasteiger partial charge is 0.277 e. The van der Waals surface area contributed by atoms with Crippen LogP contribution < -0.4 is 9.44 Å². The minimum atomic E-state index is -3.53. The Labute approximate surface area is 209 Å². The van der Waals surface area contributed by atoms with Crippen molar-refractivity contribution < 1.29 is 8.42 Å². The molecule has 1 heterocycles. The van der Waals surface area contributed by atoms with Gasteiger partial charge in [-0.05, 0) is 86.5 Å². The fraction of sp³-hybridized carbons (Fsp3) is 0.520. The third-order valence-electron chi connectivity index (χ3n) is 6.49. The number of rotatable bonds is 13. The zero-order valence-corrected chi connectivity index (χ0v) is 21.6. The fourth-order valence-corrected chi connectivity index (χ4v) is 5.78. The number of aryl methyl sites for hydroxylation is 1. The molecule has 1 aliphatic heterocycles. The summed E-state index contributed by atoms with van der Waals surface area (Å²) in [6.07, 6.45) is 6.48. The van der Waals surface area contributed by atoms with E-state index in [1.54, 1.807) is 12.1 Å². The topological polar surface area (TPSA) is 61.4 Å². The number of hydrogen-bond donors (Lipinski definition) is 2. The molecule has 0 spiro atoms. The van der Waals surface area contributed by atoms with Crippen LogP contribution in [0.15, 0.2) is 48.5 Å². The molecule has 1 unspecified atom stereocenters. The molecule has 2 N–H and O–H groups in total. The standard InChI is InChI=1S/C25H35Cl2N3O2S/c1-2-22(15-16-28-33(31,32)29-19-21-9-13-24(27)14-10-21)25-6-4-18-30(25)17-3-5-20-7-11-23(26)12-8-20/h7-14,22,25,28-29H,2-6,15-19H2,1H3/t22?,25-/m0/s1. The lowest BCUT2D eigenvalue weighted by atomic mass is 9.91. The Balaban J connectivity index is 1.41. The van der Waals surface area contributed by atoms with Gasteiger partial charge in [0.05, 0.1) is 0 Å². The third-order valence-corrected chi connectivity index (χ3v) is 8.11. The van der Waals surface area contributed by atoms with Crippen LogP contribution in [-0.2, 0) is 23.2 Å². The minimum Gasteiger partial charge on any atom is -0.300 e. The molecule has 0 saturated carbocycles. The van der Waals surface area contributed by atoms with Crippen molar-refractivity contribution in [1.82, 2.24) is 14.3 Å². The van der Waals surface area contributed by atoms with Gasteiger partial charge in [0, 0.05) is 29.2 Å². The van der Waals surface area contributed by atoms with Gasteiger partial charge in [0.15, 0.2) is 0 Å². The highest BCUT2D eigenvalue weighted by molar-refractivity contribution is 7.87. The number of hydrogen-bond acceptors (Lipinski definition) is 3. The van der Waals surface area contributed by atoms with E-state index in [9.17, 15) is 8.42 Å². The summed E-state index contributed by atoms with van der Waals surface area (Å²) in [7, 11) is -3.53. The summed E-state index contributed by atoms with van der Waals surface area (Å²) in [6.45, 7) is 5.12. The van der Waals surface area contributed by atoms with Gasteiger partial charge >= 0.3 is 0 Å². The molecule has 0 aliphatic carbocycles. The first-order chi connectivity index (χ1) is 15.9. The molecule has 1 aliphatic rings. The Morgan fingerprint density at radius 1 is 1.00 bits per heavy atom. The molecular formula is C25H35Cl2N3O2S. The number of nitrogens with zero attached hydrogens (tertiary/aromatic N) is 1. The Morgan fingerprint density at radius 2 is 1.64 bits per heavy atom. The number of likely N-dealkylation sites (tertiary alicyclic amines) is 1. The molecule has 1 saturated heterocycles. The first-order valence-electron chi connectivity index (χ1n) is 11.8. The maximum Gasteiger partial charge on any atom is 0.277 e. The number of halogens is 2. The molecule has 5 nitrogen and oxygen atoms in total. The van der Waals surface area contributed by atoms with Crippen LogP contribution in [0.25, 0.3) is 0 Å². The number of nitrogens with one attached hydrogen (secondary N) is 2. The van der Waals surface area contributed by atoms with Gasteiger partial charge in [0.2, 0.25) is 0 Å². The zero-order chi connectivity index (χ0) is 23.7. The van der Waals surface area contributed by atoms with Crippen molar-refractivity contribution in [3.05, 3.63) is 69.7 Å². The first-order valence-corrected chi connectivity index (χ1v) is 14.1. The molecule has 2 aromatic carbocycles. The Kier molecular flexibility index (Phi) is 10.5. The second-order valence-electron chi connectivity index (χ2n) is 8.78. The molecule has 0 radical (unpaired) electrons. The highest BCUT2D eigenvalue weighted by atomic mass is 35.5. The molecule has 2 atom stereocenters. The van der Waals surface area contributed by atoms with E-state index < -0.39 is 10.2 Å². The van der Waals surface area contributed by atoms with Crippen LogP contribution in [0.2, 0.25) is 10.0 Å². The van der Waals surface area contributed by atoms with Gasteiger partial charge in [0.1, 0.15) is 0 Å². The van der Waals surface area contributed by atoms with Crippen molar-refractivity contribution in [1.29, 1.82) is 0 Å². The molecule has 3 rings (SSSR count). The molecule has 2 aromatic rings. The summed E-state index contributed by atoms with van der Waals surface area (Å²) in [5.74, 6) is 0.488. The van der Waals surface area contributed by atoms with Crippen molar-refractivity contribution in [2.45, 2.75) is 58.0 Å². The van der Waals surface area contributed by atoms with Gasteiger partial charge in [-0.3, -0.25) is 0 Å². The van der Waals surface area contributed by atoms with E-state index in [0.717, 1.165) is 49.4 Å². The van der Waals surface area contributed by atoms with Gasteiger partial charge in [-0.15, -0.1) is 0 Å². The maximum absolute atomic E-state index is 12.4. The Bertz CT molecular complexity index is 953. The van der Waals surface area contributed by atoms with Crippen molar-refractivity contribution >= 4 is 33.4 Å². The minimum absolute atomic E-state index is 0.244. The predicted molar refractivity (Wildman–Crippen MR) is 138 cm³/mol. The number of benzene rings is 2. The highest BCUT2D eigenvalue weighted by Gasteiger charge is 2.30. The van der Waals surface area contributed by atoms with Crippen molar-refractivity contribution in [3.63, 3.8) is 0 Å².